The van der Waals surface area contributed by atoms with Gasteiger partial charge < -0.3 is 4.90 Å². The normalized spacial score (nSPS) is 11.7. The number of fused-ring (bicyclic) bond motifs is 9. The van der Waals surface area contributed by atoms with Crippen molar-refractivity contribution in [1.82, 2.24) is 0 Å². The van der Waals surface area contributed by atoms with Gasteiger partial charge in [0.1, 0.15) is 0 Å². The van der Waals surface area contributed by atoms with Crippen LogP contribution in [-0.2, 0) is 0 Å². The molecule has 0 N–H and O–H groups in total. The molecule has 0 radical (unpaired) electrons. The van der Waals surface area contributed by atoms with Gasteiger partial charge in [-0.25, -0.2) is 0 Å². The fourth-order valence-corrected chi connectivity index (χ4v) is 9.59. The molecule has 252 valence electrons. The van der Waals surface area contributed by atoms with E-state index in [1.54, 1.807) is 0 Å². The lowest BCUT2D eigenvalue weighted by Gasteiger charge is -2.28. The number of benzene rings is 10. The zero-order valence-electron chi connectivity index (χ0n) is 29.4. The summed E-state index contributed by atoms with van der Waals surface area (Å²) in [5.41, 5.74) is 8.20. The van der Waals surface area contributed by atoms with Crippen molar-refractivity contribution in [2.45, 2.75) is 0 Å². The van der Waals surface area contributed by atoms with E-state index in [0.29, 0.717) is 0 Å². The van der Waals surface area contributed by atoms with Gasteiger partial charge in [0.25, 0.3) is 0 Å². The minimum atomic E-state index is 1.11. The van der Waals surface area contributed by atoms with E-state index in [1.165, 1.54) is 85.5 Å². The van der Waals surface area contributed by atoms with E-state index in [9.17, 15) is 0 Å². The summed E-state index contributed by atoms with van der Waals surface area (Å²) in [4.78, 5) is 2.42. The SMILES string of the molecule is c1ccc(-c2ccccc2N(c2ccc(-c3cccc4ccc5ccc6ccccc6c5c34)cc2)c2ccc3cc4sc5ccccc5c4cc3c2)cc1. The number of para-hydroxylation sites is 1. The Balaban J connectivity index is 1.11. The molecular weight excluding hydrogens is 671 g/mol. The zero-order valence-corrected chi connectivity index (χ0v) is 30.2. The monoisotopic (exact) mass is 703 g/mol. The first-order valence-corrected chi connectivity index (χ1v) is 19.3. The average molecular weight is 704 g/mol. The highest BCUT2D eigenvalue weighted by molar-refractivity contribution is 7.25. The molecule has 0 aliphatic carbocycles. The Hall–Kier alpha value is -6.74. The molecular formula is C52H33NS. The fraction of sp³-hybridized carbons (Fsp3) is 0. The first-order valence-electron chi connectivity index (χ1n) is 18.5. The Labute approximate surface area is 317 Å². The molecule has 0 amide bonds. The van der Waals surface area contributed by atoms with Crippen molar-refractivity contribution in [1.29, 1.82) is 0 Å². The van der Waals surface area contributed by atoms with Crippen LogP contribution in [0.5, 0.6) is 0 Å². The Kier molecular flexibility index (Phi) is 7.11. The molecule has 11 rings (SSSR count). The maximum absolute atomic E-state index is 2.42. The minimum absolute atomic E-state index is 1.11. The lowest BCUT2D eigenvalue weighted by atomic mass is 9.91. The highest BCUT2D eigenvalue weighted by Gasteiger charge is 2.19. The van der Waals surface area contributed by atoms with Crippen molar-refractivity contribution < 1.29 is 0 Å². The van der Waals surface area contributed by atoms with Crippen molar-refractivity contribution in [2.75, 3.05) is 4.90 Å². The highest BCUT2D eigenvalue weighted by atomic mass is 32.1. The van der Waals surface area contributed by atoms with Gasteiger partial charge in [-0.15, -0.1) is 11.3 Å². The average Bonchev–Trinajstić information content (AvgIpc) is 3.60. The number of rotatable bonds is 5. The van der Waals surface area contributed by atoms with Gasteiger partial charge in [0.05, 0.1) is 5.69 Å². The van der Waals surface area contributed by atoms with E-state index in [4.69, 9.17) is 0 Å². The van der Waals surface area contributed by atoms with Crippen molar-refractivity contribution in [3.63, 3.8) is 0 Å². The van der Waals surface area contributed by atoms with Crippen LogP contribution in [0.4, 0.5) is 17.1 Å². The standard InChI is InChI=1S/C52H33NS/c1-2-11-34(12-3-1)43-15-6-8-19-48(43)53(42-30-27-39-33-50-47(32-40(39)31-42)46-17-7-9-20-49(46)54-50)41-28-25-36(26-29-41)45-18-10-14-37-23-24-38-22-21-35-13-4-5-16-44(35)52(38)51(37)45/h1-33H. The van der Waals surface area contributed by atoms with E-state index in [0.717, 1.165) is 17.1 Å². The molecule has 0 aliphatic heterocycles. The Morgan fingerprint density at radius 2 is 0.944 bits per heavy atom. The molecule has 11 aromatic rings. The molecule has 54 heavy (non-hydrogen) atoms. The summed E-state index contributed by atoms with van der Waals surface area (Å²) in [5.74, 6) is 0. The first kappa shape index (κ1) is 30.8. The van der Waals surface area contributed by atoms with E-state index in [1.807, 2.05) is 11.3 Å². The third-order valence-electron chi connectivity index (χ3n) is 11.0. The van der Waals surface area contributed by atoms with Crippen LogP contribution >= 0.6 is 11.3 Å². The van der Waals surface area contributed by atoms with Crippen molar-refractivity contribution in [3.05, 3.63) is 200 Å². The van der Waals surface area contributed by atoms with Crippen molar-refractivity contribution in [2.24, 2.45) is 0 Å². The quantitative estimate of drug-likeness (QED) is 0.161. The predicted molar refractivity (Wildman–Crippen MR) is 235 cm³/mol. The summed E-state index contributed by atoms with van der Waals surface area (Å²) < 4.78 is 2.65. The first-order chi connectivity index (χ1) is 26.8. The maximum atomic E-state index is 2.42. The second kappa shape index (κ2) is 12.4. The van der Waals surface area contributed by atoms with E-state index < -0.39 is 0 Å². The molecule has 0 atom stereocenters. The van der Waals surface area contributed by atoms with Crippen LogP contribution in [0.1, 0.15) is 0 Å². The van der Waals surface area contributed by atoms with Gasteiger partial charge in [-0.1, -0.05) is 152 Å². The topological polar surface area (TPSA) is 3.24 Å². The van der Waals surface area contributed by atoms with Crippen LogP contribution in [0.25, 0.3) is 85.5 Å². The molecule has 0 fully saturated rings. The molecule has 0 unspecified atom stereocenters. The van der Waals surface area contributed by atoms with Crippen molar-refractivity contribution >= 4 is 91.7 Å². The van der Waals surface area contributed by atoms with Gasteiger partial charge in [-0.05, 0) is 108 Å². The van der Waals surface area contributed by atoms with Gasteiger partial charge in [0.15, 0.2) is 0 Å². The Morgan fingerprint density at radius 3 is 1.81 bits per heavy atom. The lowest BCUT2D eigenvalue weighted by Crippen LogP contribution is -2.11. The second-order valence-electron chi connectivity index (χ2n) is 14.1. The molecule has 2 heteroatoms. The van der Waals surface area contributed by atoms with Gasteiger partial charge in [-0.2, -0.15) is 0 Å². The summed E-state index contributed by atoms with van der Waals surface area (Å²) in [6.45, 7) is 0. The minimum Gasteiger partial charge on any atom is -0.310 e. The third-order valence-corrected chi connectivity index (χ3v) is 12.1. The van der Waals surface area contributed by atoms with Crippen LogP contribution in [0.2, 0.25) is 0 Å². The molecule has 0 spiro atoms. The molecule has 0 saturated heterocycles. The number of thiophene rings is 1. The van der Waals surface area contributed by atoms with E-state index in [2.05, 4.69) is 205 Å². The lowest BCUT2D eigenvalue weighted by molar-refractivity contribution is 1.29. The largest absolute Gasteiger partial charge is 0.310 e. The smallest absolute Gasteiger partial charge is 0.0540 e. The highest BCUT2D eigenvalue weighted by Crippen LogP contribution is 2.44. The summed E-state index contributed by atoms with van der Waals surface area (Å²) in [7, 11) is 0. The maximum Gasteiger partial charge on any atom is 0.0540 e. The molecule has 1 heterocycles. The predicted octanol–water partition coefficient (Wildman–Crippen LogP) is 15.5. The van der Waals surface area contributed by atoms with Gasteiger partial charge >= 0.3 is 0 Å². The molecule has 1 aromatic heterocycles. The van der Waals surface area contributed by atoms with Crippen LogP contribution in [-0.4, -0.2) is 0 Å². The number of hydrogen-bond acceptors (Lipinski definition) is 2. The number of anilines is 3. The molecule has 0 bridgehead atoms. The van der Waals surface area contributed by atoms with Gasteiger partial charge in [-0.3, -0.25) is 0 Å². The van der Waals surface area contributed by atoms with Crippen LogP contribution < -0.4 is 4.90 Å². The summed E-state index contributed by atoms with van der Waals surface area (Å²) >= 11 is 1.87. The third kappa shape index (κ3) is 4.99. The van der Waals surface area contributed by atoms with Gasteiger partial charge in [0, 0.05) is 37.1 Å². The van der Waals surface area contributed by atoms with Crippen molar-refractivity contribution in [3.8, 4) is 22.3 Å². The van der Waals surface area contributed by atoms with Gasteiger partial charge in [0.2, 0.25) is 0 Å². The Morgan fingerprint density at radius 1 is 0.315 bits per heavy atom. The van der Waals surface area contributed by atoms with E-state index in [-0.39, 0.29) is 0 Å². The summed E-state index contributed by atoms with van der Waals surface area (Å²) in [5, 5.41) is 12.8. The zero-order chi connectivity index (χ0) is 35.6. The molecule has 1 nitrogen and oxygen atoms in total. The van der Waals surface area contributed by atoms with Crippen LogP contribution in [0, 0.1) is 0 Å². The molecule has 10 aromatic carbocycles. The second-order valence-corrected chi connectivity index (χ2v) is 15.2. The summed E-state index contributed by atoms with van der Waals surface area (Å²) in [6, 6.07) is 73.6. The van der Waals surface area contributed by atoms with E-state index >= 15 is 0 Å². The number of hydrogen-bond donors (Lipinski definition) is 0. The van der Waals surface area contributed by atoms with Crippen LogP contribution in [0.3, 0.4) is 0 Å². The fourth-order valence-electron chi connectivity index (χ4n) is 8.46. The molecule has 0 saturated carbocycles. The molecule has 0 aliphatic rings. The summed E-state index contributed by atoms with van der Waals surface area (Å²) in [6.07, 6.45) is 0. The Bertz CT molecular complexity index is 3210. The van der Waals surface area contributed by atoms with Crippen LogP contribution in [0.15, 0.2) is 200 Å². The number of nitrogens with zero attached hydrogens (tertiary/aromatic N) is 1.